The molecule has 0 bridgehead atoms. The number of aliphatic hydroxyl groups is 5. The third-order valence-corrected chi connectivity index (χ3v) is 20.6. The molecule has 1 aliphatic rings. The Kier molecular flexibility index (Phi) is 73.4. The SMILES string of the molecule is CCCCC/C=C/CC/C=C/CC/C=C/C(O)C(COC1OC(CO)C(O)C(O)C1O)NC(=O)CCCCCCCCCCCCCCCCCCC/C=C\CCCCCCCCCCCCCCCCCCCCOC(=O)CCCCCCCCCCCCCCCCCCCCC. The zero-order valence-electron chi connectivity index (χ0n) is 65.2. The topological polar surface area (TPSA) is 175 Å². The monoisotopic (exact) mass is 1400 g/mol. The summed E-state index contributed by atoms with van der Waals surface area (Å²) in [6.45, 7) is 4.36. The van der Waals surface area contributed by atoms with Gasteiger partial charge in [0.2, 0.25) is 5.91 Å². The highest BCUT2D eigenvalue weighted by molar-refractivity contribution is 5.76. The second kappa shape index (κ2) is 76.7. The fraction of sp³-hybridized carbons (Fsp3) is 0.886. The van der Waals surface area contributed by atoms with Crippen LogP contribution in [0.15, 0.2) is 48.6 Å². The van der Waals surface area contributed by atoms with Crippen LogP contribution in [0.3, 0.4) is 0 Å². The second-order valence-corrected chi connectivity index (χ2v) is 30.2. The third-order valence-electron chi connectivity index (χ3n) is 20.6. The predicted molar refractivity (Wildman–Crippen MR) is 421 cm³/mol. The highest BCUT2D eigenvalue weighted by Gasteiger charge is 2.44. The third kappa shape index (κ3) is 64.9. The van der Waals surface area contributed by atoms with Crippen molar-refractivity contribution in [3.05, 3.63) is 48.6 Å². The maximum Gasteiger partial charge on any atom is 0.305 e. The molecule has 7 atom stereocenters. The summed E-state index contributed by atoms with van der Waals surface area (Å²) in [4.78, 5) is 25.2. The number of carbonyl (C=O) groups excluding carboxylic acids is 2. The Balaban J connectivity index is 1.86. The minimum atomic E-state index is -1.58. The lowest BCUT2D eigenvalue weighted by molar-refractivity contribution is -0.302. The van der Waals surface area contributed by atoms with Crippen molar-refractivity contribution >= 4 is 11.9 Å². The van der Waals surface area contributed by atoms with E-state index in [1.807, 2.05) is 6.08 Å². The largest absolute Gasteiger partial charge is 0.466 e. The smallest absolute Gasteiger partial charge is 0.305 e. The molecule has 0 spiro atoms. The molecule has 1 fully saturated rings. The lowest BCUT2D eigenvalue weighted by atomic mass is 9.99. The summed E-state index contributed by atoms with van der Waals surface area (Å²) in [5.41, 5.74) is 0. The number of nitrogens with one attached hydrogen (secondary N) is 1. The van der Waals surface area contributed by atoms with Crippen molar-refractivity contribution in [2.45, 2.75) is 480 Å². The quantitative estimate of drug-likeness (QED) is 0.0195. The second-order valence-electron chi connectivity index (χ2n) is 30.2. The lowest BCUT2D eigenvalue weighted by Gasteiger charge is -2.40. The molecule has 1 saturated heterocycles. The molecule has 0 radical (unpaired) electrons. The van der Waals surface area contributed by atoms with E-state index in [9.17, 15) is 35.1 Å². The van der Waals surface area contributed by atoms with Gasteiger partial charge in [0.1, 0.15) is 24.4 Å². The van der Waals surface area contributed by atoms with E-state index in [1.54, 1.807) is 6.08 Å². The van der Waals surface area contributed by atoms with Gasteiger partial charge in [-0.25, -0.2) is 0 Å². The van der Waals surface area contributed by atoms with Gasteiger partial charge in [-0.15, -0.1) is 0 Å². The van der Waals surface area contributed by atoms with Crippen LogP contribution in [0.1, 0.15) is 438 Å². The summed E-state index contributed by atoms with van der Waals surface area (Å²) in [7, 11) is 0. The van der Waals surface area contributed by atoms with Crippen molar-refractivity contribution in [2.24, 2.45) is 0 Å². The number of aliphatic hydroxyl groups excluding tert-OH is 5. The van der Waals surface area contributed by atoms with Crippen LogP contribution < -0.4 is 5.32 Å². The van der Waals surface area contributed by atoms with Crippen LogP contribution in [0.4, 0.5) is 0 Å². The summed E-state index contributed by atoms with van der Waals surface area (Å²) in [6, 6.07) is -0.832. The minimum absolute atomic E-state index is 0.0221. The van der Waals surface area contributed by atoms with Gasteiger partial charge in [-0.05, 0) is 83.5 Å². The normalized spacial score (nSPS) is 17.3. The van der Waals surface area contributed by atoms with Crippen LogP contribution in [-0.4, -0.2) is 100 Å². The highest BCUT2D eigenvalue weighted by atomic mass is 16.7. The average molecular weight is 1400 g/mol. The molecule has 0 aromatic rings. The van der Waals surface area contributed by atoms with E-state index in [0.29, 0.717) is 19.4 Å². The first kappa shape index (κ1) is 94.6. The van der Waals surface area contributed by atoms with Crippen LogP contribution >= 0.6 is 0 Å². The van der Waals surface area contributed by atoms with Crippen LogP contribution in [-0.2, 0) is 23.8 Å². The number of amides is 1. The maximum atomic E-state index is 13.1. The van der Waals surface area contributed by atoms with Gasteiger partial charge in [-0.2, -0.15) is 0 Å². The van der Waals surface area contributed by atoms with Crippen molar-refractivity contribution < 1.29 is 49.3 Å². The molecule has 11 heteroatoms. The Morgan fingerprint density at radius 2 is 0.657 bits per heavy atom. The molecule has 0 saturated carbocycles. The average Bonchev–Trinajstić information content (AvgIpc) is 0.834. The molecule has 582 valence electrons. The number of hydrogen-bond donors (Lipinski definition) is 6. The molecule has 1 heterocycles. The van der Waals surface area contributed by atoms with Crippen LogP contribution in [0.25, 0.3) is 0 Å². The summed E-state index contributed by atoms with van der Waals surface area (Å²) < 4.78 is 16.8. The molecule has 6 N–H and O–H groups in total. The molecular formula is C88H165NO10. The Labute approximate surface area is 612 Å². The number of ether oxygens (including phenoxy) is 3. The number of esters is 1. The molecule has 11 nitrogen and oxygen atoms in total. The summed E-state index contributed by atoms with van der Waals surface area (Å²) in [6.07, 6.45) is 93.3. The molecule has 1 aliphatic heterocycles. The van der Waals surface area contributed by atoms with Crippen LogP contribution in [0.5, 0.6) is 0 Å². The summed E-state index contributed by atoms with van der Waals surface area (Å²) in [5.74, 6) is -0.169. The van der Waals surface area contributed by atoms with Gasteiger partial charge in [0.15, 0.2) is 6.29 Å². The van der Waals surface area contributed by atoms with E-state index in [2.05, 4.69) is 55.6 Å². The number of hydrogen-bond acceptors (Lipinski definition) is 10. The molecule has 0 aromatic carbocycles. The van der Waals surface area contributed by atoms with E-state index in [4.69, 9.17) is 14.2 Å². The van der Waals surface area contributed by atoms with Crippen LogP contribution in [0.2, 0.25) is 0 Å². The van der Waals surface area contributed by atoms with Gasteiger partial charge in [0.25, 0.3) is 0 Å². The Bertz CT molecular complexity index is 1790. The van der Waals surface area contributed by atoms with Crippen molar-refractivity contribution in [3.8, 4) is 0 Å². The zero-order chi connectivity index (χ0) is 71.5. The van der Waals surface area contributed by atoms with Gasteiger partial charge >= 0.3 is 5.97 Å². The number of rotatable bonds is 78. The number of allylic oxidation sites excluding steroid dienone is 7. The van der Waals surface area contributed by atoms with E-state index in [-0.39, 0.29) is 18.5 Å². The molecule has 1 amide bonds. The molecule has 99 heavy (non-hydrogen) atoms. The van der Waals surface area contributed by atoms with Crippen LogP contribution in [0, 0.1) is 0 Å². The predicted octanol–water partition coefficient (Wildman–Crippen LogP) is 24.2. The molecule has 7 unspecified atom stereocenters. The number of carbonyl (C=O) groups is 2. The molecule has 0 aromatic heterocycles. The summed E-state index contributed by atoms with van der Waals surface area (Å²) in [5, 5.41) is 54.5. The Morgan fingerprint density at radius 1 is 0.364 bits per heavy atom. The fourth-order valence-corrected chi connectivity index (χ4v) is 13.9. The van der Waals surface area contributed by atoms with Gasteiger partial charge in [-0.3, -0.25) is 9.59 Å². The van der Waals surface area contributed by atoms with Crippen molar-refractivity contribution in [1.29, 1.82) is 0 Å². The first-order valence-electron chi connectivity index (χ1n) is 43.4. The van der Waals surface area contributed by atoms with E-state index in [1.165, 1.54) is 347 Å². The van der Waals surface area contributed by atoms with E-state index in [0.717, 1.165) is 64.2 Å². The maximum absolute atomic E-state index is 13.1. The lowest BCUT2D eigenvalue weighted by Crippen LogP contribution is -2.60. The molecule has 1 rings (SSSR count). The van der Waals surface area contributed by atoms with Gasteiger partial charge in [0.05, 0.1) is 32.0 Å². The van der Waals surface area contributed by atoms with Crippen molar-refractivity contribution in [3.63, 3.8) is 0 Å². The van der Waals surface area contributed by atoms with Gasteiger partial charge < -0.3 is 45.1 Å². The van der Waals surface area contributed by atoms with E-state index < -0.39 is 49.5 Å². The fourth-order valence-electron chi connectivity index (χ4n) is 13.9. The van der Waals surface area contributed by atoms with Crippen molar-refractivity contribution in [1.82, 2.24) is 5.32 Å². The van der Waals surface area contributed by atoms with E-state index >= 15 is 0 Å². The van der Waals surface area contributed by atoms with Crippen molar-refractivity contribution in [2.75, 3.05) is 19.8 Å². The first-order valence-corrected chi connectivity index (χ1v) is 43.4. The summed E-state index contributed by atoms with van der Waals surface area (Å²) >= 11 is 0. The zero-order valence-corrected chi connectivity index (χ0v) is 65.2. The Morgan fingerprint density at radius 3 is 1.02 bits per heavy atom. The number of unbranched alkanes of at least 4 members (excludes halogenated alkanes) is 58. The Hall–Kier alpha value is -2.38. The standard InChI is InChI=1S/C88H165NO10/c1-3-5-7-9-11-13-15-17-18-19-41-45-48-52-56-60-64-68-72-76-84(93)97-77-73-69-65-61-57-53-49-46-43-40-38-36-34-32-30-28-26-24-22-20-21-23-25-27-29-31-33-35-37-39-42-44-47-51-55-59-63-67-71-75-83(92)89-80(79-98-88-87(96)86(95)85(94)82(78-90)99-88)81(91)74-70-66-62-58-54-50-16-14-12-10-8-6-4-2/h12,14,20-21,54,58,70,74,80-82,85-88,90-91,94-96H,3-11,13,15-19,22-53,55-57,59-69,71-73,75-79H2,1-2H3,(H,89,92)/b14-12+,21-20-,58-54+,74-70+. The van der Waals surface area contributed by atoms with Gasteiger partial charge in [-0.1, -0.05) is 390 Å². The highest BCUT2D eigenvalue weighted by Crippen LogP contribution is 2.24. The van der Waals surface area contributed by atoms with Gasteiger partial charge in [0, 0.05) is 12.8 Å². The first-order chi connectivity index (χ1) is 48.7. The minimum Gasteiger partial charge on any atom is -0.466 e. The molecule has 0 aliphatic carbocycles. The molecular weight excluding hydrogens is 1230 g/mol.